The summed E-state index contributed by atoms with van der Waals surface area (Å²) in [5.74, 6) is -0.401. The van der Waals surface area contributed by atoms with E-state index in [1.807, 2.05) is 6.92 Å². The van der Waals surface area contributed by atoms with Gasteiger partial charge in [0.25, 0.3) is 11.3 Å². The molecule has 0 saturated heterocycles. The number of anilines is 1. The summed E-state index contributed by atoms with van der Waals surface area (Å²) in [6, 6.07) is 7.46. The molecule has 0 aliphatic carbocycles. The number of benzene rings is 1. The van der Waals surface area contributed by atoms with Crippen molar-refractivity contribution in [3.8, 4) is 0 Å². The van der Waals surface area contributed by atoms with Crippen LogP contribution < -0.4 is 9.62 Å². The van der Waals surface area contributed by atoms with E-state index < -0.39 is 29.0 Å². The molecule has 2 rings (SSSR count). The van der Waals surface area contributed by atoms with E-state index >= 15 is 0 Å². The van der Waals surface area contributed by atoms with E-state index in [0.29, 0.717) is 29.8 Å². The van der Waals surface area contributed by atoms with E-state index in [4.69, 9.17) is 0 Å². The van der Waals surface area contributed by atoms with Gasteiger partial charge in [0.1, 0.15) is 5.69 Å². The number of pyridine rings is 1. The predicted molar refractivity (Wildman–Crippen MR) is 119 cm³/mol. The molecule has 32 heavy (non-hydrogen) atoms. The minimum absolute atomic E-state index is 0.226. The summed E-state index contributed by atoms with van der Waals surface area (Å²) in [6.07, 6.45) is 0.103. The minimum Gasteiger partial charge on any atom is -0.348 e. The Balaban J connectivity index is 2.07. The second kappa shape index (κ2) is 11.2. The van der Waals surface area contributed by atoms with Crippen molar-refractivity contribution in [2.24, 2.45) is 0 Å². The van der Waals surface area contributed by atoms with Crippen molar-refractivity contribution >= 4 is 28.9 Å². The Labute approximate surface area is 188 Å². The first-order valence-corrected chi connectivity index (χ1v) is 11.1. The topological polar surface area (TPSA) is 82.5 Å². The highest BCUT2D eigenvalue weighted by molar-refractivity contribution is 7.80. The quantitative estimate of drug-likeness (QED) is 0.414. The number of aromatic nitrogens is 1. The van der Waals surface area contributed by atoms with E-state index in [1.165, 1.54) is 29.6 Å². The van der Waals surface area contributed by atoms with Crippen molar-refractivity contribution < 1.29 is 26.7 Å². The zero-order chi connectivity index (χ0) is 23.9. The molecule has 0 aliphatic heterocycles. The maximum Gasteiger partial charge on any atom is 0.433 e. The lowest BCUT2D eigenvalue weighted by atomic mass is 10.1. The molecule has 0 bridgehead atoms. The number of unbranched alkanes of at least 4 members (excludes halogenated alkanes) is 1. The standard InChI is InChI=1S/C22H26F3N3O3S/c1-4-5-6-18-17(8-11-20(27-18)22(23,24)25)9-12-21(29)26-14-16-7-10-19(15(2)13-16)28(3)32(30)31/h7-13H,4-6,14H2,1-3H3,(H,26,29)(H,30,31). The first-order valence-electron chi connectivity index (χ1n) is 10.00. The number of rotatable bonds is 9. The molecular weight excluding hydrogens is 443 g/mol. The van der Waals surface area contributed by atoms with Gasteiger partial charge in [0, 0.05) is 25.4 Å². The van der Waals surface area contributed by atoms with Crippen molar-refractivity contribution in [3.63, 3.8) is 0 Å². The molecule has 2 aromatic rings. The zero-order valence-electron chi connectivity index (χ0n) is 18.1. The van der Waals surface area contributed by atoms with Crippen LogP contribution in [0.25, 0.3) is 6.08 Å². The van der Waals surface area contributed by atoms with Crippen molar-refractivity contribution in [1.82, 2.24) is 10.3 Å². The van der Waals surface area contributed by atoms with Crippen molar-refractivity contribution in [2.75, 3.05) is 11.4 Å². The smallest absolute Gasteiger partial charge is 0.348 e. The summed E-state index contributed by atoms with van der Waals surface area (Å²) in [5.41, 5.74) is 2.00. The largest absolute Gasteiger partial charge is 0.433 e. The molecule has 10 heteroatoms. The third-order valence-corrected chi connectivity index (χ3v) is 5.45. The van der Waals surface area contributed by atoms with Crippen LogP contribution in [0.3, 0.4) is 0 Å². The van der Waals surface area contributed by atoms with Crippen LogP contribution in [0.15, 0.2) is 36.4 Å². The van der Waals surface area contributed by atoms with Crippen molar-refractivity contribution in [3.05, 3.63) is 64.5 Å². The fraction of sp³-hybridized carbons (Fsp3) is 0.364. The second-order valence-corrected chi connectivity index (χ2v) is 8.24. The highest BCUT2D eigenvalue weighted by Crippen LogP contribution is 2.29. The molecule has 0 fully saturated rings. The highest BCUT2D eigenvalue weighted by Gasteiger charge is 2.32. The average Bonchev–Trinajstić information content (AvgIpc) is 2.73. The molecule has 1 heterocycles. The summed E-state index contributed by atoms with van der Waals surface area (Å²) in [5, 5.41) is 2.72. The Kier molecular flexibility index (Phi) is 8.97. The molecule has 1 aromatic carbocycles. The monoisotopic (exact) mass is 469 g/mol. The van der Waals surface area contributed by atoms with Crippen LogP contribution in [-0.2, 0) is 35.2 Å². The van der Waals surface area contributed by atoms with Crippen molar-refractivity contribution in [1.29, 1.82) is 0 Å². The summed E-state index contributed by atoms with van der Waals surface area (Å²) in [4.78, 5) is 16.0. The van der Waals surface area contributed by atoms with Crippen LogP contribution in [0.5, 0.6) is 0 Å². The Hall–Kier alpha value is -2.72. The highest BCUT2D eigenvalue weighted by atomic mass is 32.2. The van der Waals surface area contributed by atoms with Gasteiger partial charge in [0.2, 0.25) is 5.91 Å². The van der Waals surface area contributed by atoms with E-state index in [1.54, 1.807) is 25.1 Å². The third kappa shape index (κ3) is 7.16. The van der Waals surface area contributed by atoms with Gasteiger partial charge in [-0.15, -0.1) is 0 Å². The number of alkyl halides is 3. The Morgan fingerprint density at radius 3 is 2.59 bits per heavy atom. The van der Waals surface area contributed by atoms with Crippen LogP contribution >= 0.6 is 0 Å². The van der Waals surface area contributed by atoms with Crippen LogP contribution in [0.1, 0.15) is 47.8 Å². The summed E-state index contributed by atoms with van der Waals surface area (Å²) < 4.78 is 60.5. The van der Waals surface area contributed by atoms with Crippen LogP contribution in [0, 0.1) is 6.92 Å². The molecule has 1 amide bonds. The Morgan fingerprint density at radius 2 is 2.00 bits per heavy atom. The molecule has 0 aliphatic rings. The lowest BCUT2D eigenvalue weighted by Crippen LogP contribution is -2.22. The fourth-order valence-electron chi connectivity index (χ4n) is 3.04. The van der Waals surface area contributed by atoms with Gasteiger partial charge in [-0.3, -0.25) is 13.7 Å². The van der Waals surface area contributed by atoms with Gasteiger partial charge in [0.15, 0.2) is 0 Å². The van der Waals surface area contributed by atoms with Crippen LogP contribution in [-0.4, -0.2) is 26.7 Å². The Morgan fingerprint density at radius 1 is 1.28 bits per heavy atom. The number of amides is 1. The molecule has 0 saturated carbocycles. The molecular formula is C22H26F3N3O3S. The van der Waals surface area contributed by atoms with Crippen LogP contribution in [0.2, 0.25) is 0 Å². The average molecular weight is 470 g/mol. The molecule has 6 nitrogen and oxygen atoms in total. The number of carbonyl (C=O) groups is 1. The minimum atomic E-state index is -4.52. The Bertz CT molecular complexity index is 1010. The zero-order valence-corrected chi connectivity index (χ0v) is 18.9. The number of nitrogens with one attached hydrogen (secondary N) is 1. The number of halogens is 3. The number of aryl methyl sites for hydroxylation is 2. The van der Waals surface area contributed by atoms with Crippen LogP contribution in [0.4, 0.5) is 18.9 Å². The number of nitrogens with zero attached hydrogens (tertiary/aromatic N) is 2. The first-order chi connectivity index (χ1) is 15.0. The summed E-state index contributed by atoms with van der Waals surface area (Å²) in [7, 11) is 1.50. The summed E-state index contributed by atoms with van der Waals surface area (Å²) >= 11 is -2.13. The molecule has 1 aromatic heterocycles. The molecule has 1 unspecified atom stereocenters. The van der Waals surface area contributed by atoms with Gasteiger partial charge in [0.05, 0.1) is 5.69 Å². The first kappa shape index (κ1) is 25.5. The number of carbonyl (C=O) groups excluding carboxylic acids is 1. The van der Waals surface area contributed by atoms with Gasteiger partial charge >= 0.3 is 6.18 Å². The number of hydrogen-bond acceptors (Lipinski definition) is 3. The maximum absolute atomic E-state index is 13.0. The van der Waals surface area contributed by atoms with Gasteiger partial charge in [-0.2, -0.15) is 13.2 Å². The lowest BCUT2D eigenvalue weighted by molar-refractivity contribution is -0.141. The molecule has 174 valence electrons. The molecule has 2 N–H and O–H groups in total. The van der Waals surface area contributed by atoms with Gasteiger partial charge in [-0.25, -0.2) is 9.19 Å². The SMILES string of the molecule is CCCCc1nc(C(F)(F)F)ccc1C=CC(=O)NCc1ccc(N(C)S(=O)O)c(C)c1. The maximum atomic E-state index is 13.0. The molecule has 1 atom stereocenters. The lowest BCUT2D eigenvalue weighted by Gasteiger charge is -2.17. The van der Waals surface area contributed by atoms with E-state index in [-0.39, 0.29) is 6.54 Å². The fourth-order valence-corrected chi connectivity index (χ4v) is 3.42. The number of hydrogen-bond donors (Lipinski definition) is 2. The predicted octanol–water partition coefficient (Wildman–Crippen LogP) is 4.65. The van der Waals surface area contributed by atoms with E-state index in [2.05, 4.69) is 10.3 Å². The third-order valence-electron chi connectivity index (χ3n) is 4.78. The normalized spacial score (nSPS) is 12.7. The van der Waals surface area contributed by atoms with Gasteiger partial charge in [-0.1, -0.05) is 31.5 Å². The molecule has 0 radical (unpaired) electrons. The summed E-state index contributed by atoms with van der Waals surface area (Å²) in [6.45, 7) is 3.95. The van der Waals surface area contributed by atoms with E-state index in [9.17, 15) is 26.7 Å². The van der Waals surface area contributed by atoms with Gasteiger partial charge < -0.3 is 5.32 Å². The van der Waals surface area contributed by atoms with Gasteiger partial charge in [-0.05, 0) is 54.7 Å². The van der Waals surface area contributed by atoms with Crippen molar-refractivity contribution in [2.45, 2.75) is 45.8 Å². The van der Waals surface area contributed by atoms with E-state index in [0.717, 1.165) is 23.6 Å². The second-order valence-electron chi connectivity index (χ2n) is 7.23. The molecule has 0 spiro atoms.